The fourth-order valence-electron chi connectivity index (χ4n) is 3.07. The second-order valence-electron chi connectivity index (χ2n) is 5.97. The predicted octanol–water partition coefficient (Wildman–Crippen LogP) is 4.64. The van der Waals surface area contributed by atoms with E-state index in [-0.39, 0.29) is 11.6 Å². The fraction of sp³-hybridized carbons (Fsp3) is 0.529. The van der Waals surface area contributed by atoms with E-state index in [1.54, 1.807) is 6.08 Å². The second-order valence-corrected chi connectivity index (χ2v) is 5.97. The molecule has 140 valence electrons. The molecule has 1 aliphatic heterocycles. The number of hydrogen-bond acceptors (Lipinski definition) is 2. The summed E-state index contributed by atoms with van der Waals surface area (Å²) in [4.78, 5) is 1.89. The molecule has 8 heteroatoms. The first kappa shape index (κ1) is 19.8. The first-order valence-electron chi connectivity index (χ1n) is 7.98. The Labute approximate surface area is 142 Å². The normalized spacial score (nSPS) is 18.2. The highest BCUT2D eigenvalue weighted by Gasteiger charge is 2.40. The molecule has 1 atom stereocenters. The Kier molecular flexibility index (Phi) is 6.16. The third-order valence-electron chi connectivity index (χ3n) is 4.28. The van der Waals surface area contributed by atoms with Crippen molar-refractivity contribution in [2.45, 2.75) is 31.2 Å². The Hall–Kier alpha value is -1.54. The van der Waals surface area contributed by atoms with Gasteiger partial charge in [0, 0.05) is 32.2 Å². The monoisotopic (exact) mass is 366 g/mol. The van der Waals surface area contributed by atoms with Crippen LogP contribution in [0.5, 0.6) is 0 Å². The molecule has 1 N–H and O–H groups in total. The van der Waals surface area contributed by atoms with Gasteiger partial charge in [0.25, 0.3) is 0 Å². The lowest BCUT2D eigenvalue weighted by molar-refractivity contribution is -0.143. The van der Waals surface area contributed by atoms with Crippen molar-refractivity contribution in [3.63, 3.8) is 0 Å². The summed E-state index contributed by atoms with van der Waals surface area (Å²) in [6.07, 6.45) is -7.21. The van der Waals surface area contributed by atoms with Gasteiger partial charge in [-0.2, -0.15) is 26.3 Å². The highest BCUT2D eigenvalue weighted by Crippen LogP contribution is 2.41. The average Bonchev–Trinajstić information content (AvgIpc) is 2.54. The van der Waals surface area contributed by atoms with Gasteiger partial charge in [0.15, 0.2) is 0 Å². The summed E-state index contributed by atoms with van der Waals surface area (Å²) in [6, 6.07) is 1.33. The van der Waals surface area contributed by atoms with Crippen molar-refractivity contribution >= 4 is 0 Å². The summed E-state index contributed by atoms with van der Waals surface area (Å²) >= 11 is 0. The van der Waals surface area contributed by atoms with E-state index in [1.807, 2.05) is 4.90 Å². The molecule has 0 saturated carbocycles. The zero-order chi connectivity index (χ0) is 18.7. The van der Waals surface area contributed by atoms with Crippen molar-refractivity contribution in [1.29, 1.82) is 0 Å². The van der Waals surface area contributed by atoms with Crippen molar-refractivity contribution in [1.82, 2.24) is 10.2 Å². The molecule has 1 aliphatic rings. The summed E-state index contributed by atoms with van der Waals surface area (Å²) in [5.41, 5.74) is -2.61. The number of alkyl halides is 6. The standard InChI is InChI=1S/C17H20F6N2/c1-2-3-4-15(25-9-7-24-8-10-25)13-6-5-12(16(18,19)20)11-14(13)17(21,22)23/h2,5-6,11,15,24H,1,3-4,7-10H2/t15-/m1/s1. The number of nitrogens with one attached hydrogen (secondary N) is 1. The van der Waals surface area contributed by atoms with Crippen molar-refractivity contribution in [3.05, 3.63) is 47.5 Å². The number of rotatable bonds is 5. The quantitative estimate of drug-likeness (QED) is 0.603. The van der Waals surface area contributed by atoms with Crippen molar-refractivity contribution < 1.29 is 26.3 Å². The van der Waals surface area contributed by atoms with Gasteiger partial charge >= 0.3 is 12.4 Å². The third-order valence-corrected chi connectivity index (χ3v) is 4.28. The molecule has 0 amide bonds. The molecule has 1 aromatic carbocycles. The summed E-state index contributed by atoms with van der Waals surface area (Å²) in [5, 5.41) is 3.12. The Bertz CT molecular complexity index is 588. The van der Waals surface area contributed by atoms with E-state index in [2.05, 4.69) is 11.9 Å². The van der Waals surface area contributed by atoms with Gasteiger partial charge < -0.3 is 5.32 Å². The van der Waals surface area contributed by atoms with Crippen molar-refractivity contribution in [2.75, 3.05) is 26.2 Å². The largest absolute Gasteiger partial charge is 0.416 e. The first-order valence-corrected chi connectivity index (χ1v) is 7.98. The van der Waals surface area contributed by atoms with E-state index in [4.69, 9.17) is 0 Å². The summed E-state index contributed by atoms with van der Waals surface area (Å²) in [7, 11) is 0. The number of nitrogens with zero attached hydrogens (tertiary/aromatic N) is 1. The minimum atomic E-state index is -4.85. The maximum absolute atomic E-state index is 13.4. The smallest absolute Gasteiger partial charge is 0.314 e. The molecule has 0 aliphatic carbocycles. The van der Waals surface area contributed by atoms with Crippen LogP contribution in [-0.2, 0) is 12.4 Å². The fourth-order valence-corrected chi connectivity index (χ4v) is 3.07. The third kappa shape index (κ3) is 4.98. The molecule has 2 rings (SSSR count). The van der Waals surface area contributed by atoms with Gasteiger partial charge in [0.2, 0.25) is 0 Å². The molecule has 1 heterocycles. The van der Waals surface area contributed by atoms with Crippen LogP contribution in [-0.4, -0.2) is 31.1 Å². The van der Waals surface area contributed by atoms with E-state index < -0.39 is 29.5 Å². The minimum absolute atomic E-state index is 0.107. The molecule has 0 aromatic heterocycles. The van der Waals surface area contributed by atoms with Crippen LogP contribution >= 0.6 is 0 Å². The van der Waals surface area contributed by atoms with Crippen LogP contribution in [0, 0.1) is 0 Å². The average molecular weight is 366 g/mol. The van der Waals surface area contributed by atoms with E-state index in [9.17, 15) is 26.3 Å². The molecule has 1 aromatic rings. The lowest BCUT2D eigenvalue weighted by atomic mass is 9.92. The van der Waals surface area contributed by atoms with Gasteiger partial charge in [-0.3, -0.25) is 4.90 Å². The Morgan fingerprint density at radius 2 is 1.72 bits per heavy atom. The van der Waals surface area contributed by atoms with Gasteiger partial charge in [-0.25, -0.2) is 0 Å². The van der Waals surface area contributed by atoms with Gasteiger partial charge in [0.1, 0.15) is 0 Å². The Morgan fingerprint density at radius 1 is 1.08 bits per heavy atom. The van der Waals surface area contributed by atoms with Crippen molar-refractivity contribution in [3.8, 4) is 0 Å². The first-order chi connectivity index (χ1) is 11.6. The Balaban J connectivity index is 2.49. The molecule has 0 radical (unpaired) electrons. The number of allylic oxidation sites excluding steroid dienone is 1. The van der Waals surface area contributed by atoms with Crippen LogP contribution in [0.4, 0.5) is 26.3 Å². The molecular weight excluding hydrogens is 346 g/mol. The molecule has 2 nitrogen and oxygen atoms in total. The minimum Gasteiger partial charge on any atom is -0.314 e. The maximum Gasteiger partial charge on any atom is 0.416 e. The summed E-state index contributed by atoms with van der Waals surface area (Å²) < 4.78 is 78.9. The van der Waals surface area contributed by atoms with Crippen LogP contribution < -0.4 is 5.32 Å². The van der Waals surface area contributed by atoms with E-state index in [0.717, 1.165) is 12.1 Å². The Morgan fingerprint density at radius 3 is 2.24 bits per heavy atom. The number of benzene rings is 1. The highest BCUT2D eigenvalue weighted by molar-refractivity contribution is 5.37. The van der Waals surface area contributed by atoms with E-state index in [0.29, 0.717) is 39.0 Å². The van der Waals surface area contributed by atoms with Gasteiger partial charge in [-0.15, -0.1) is 6.58 Å². The van der Waals surface area contributed by atoms with Crippen molar-refractivity contribution in [2.24, 2.45) is 0 Å². The van der Waals surface area contributed by atoms with Crippen LogP contribution in [0.15, 0.2) is 30.9 Å². The van der Waals surface area contributed by atoms with E-state index >= 15 is 0 Å². The lowest BCUT2D eigenvalue weighted by Crippen LogP contribution is -2.45. The van der Waals surface area contributed by atoms with Crippen LogP contribution in [0.1, 0.15) is 35.6 Å². The SMILES string of the molecule is C=CCC[C@H](c1ccc(C(F)(F)F)cc1C(F)(F)F)N1CCNCC1. The zero-order valence-corrected chi connectivity index (χ0v) is 13.6. The topological polar surface area (TPSA) is 15.3 Å². The highest BCUT2D eigenvalue weighted by atomic mass is 19.4. The van der Waals surface area contributed by atoms with Crippen LogP contribution in [0.3, 0.4) is 0 Å². The van der Waals surface area contributed by atoms with Crippen LogP contribution in [0.25, 0.3) is 0 Å². The van der Waals surface area contributed by atoms with Gasteiger partial charge in [-0.05, 0) is 30.5 Å². The molecule has 1 fully saturated rings. The second kappa shape index (κ2) is 7.78. The summed E-state index contributed by atoms with van der Waals surface area (Å²) in [5.74, 6) is 0. The zero-order valence-electron chi connectivity index (χ0n) is 13.6. The number of halogens is 6. The summed E-state index contributed by atoms with van der Waals surface area (Å²) in [6.45, 7) is 5.93. The number of piperazine rings is 1. The van der Waals surface area contributed by atoms with Gasteiger partial charge in [0.05, 0.1) is 11.1 Å². The maximum atomic E-state index is 13.4. The molecular formula is C17H20F6N2. The molecule has 25 heavy (non-hydrogen) atoms. The van der Waals surface area contributed by atoms with Gasteiger partial charge in [-0.1, -0.05) is 12.1 Å². The molecule has 0 spiro atoms. The molecule has 0 unspecified atom stereocenters. The molecule has 1 saturated heterocycles. The molecule has 0 bridgehead atoms. The van der Waals surface area contributed by atoms with E-state index in [1.165, 1.54) is 0 Å². The predicted molar refractivity (Wildman–Crippen MR) is 83.1 cm³/mol. The van der Waals surface area contributed by atoms with Crippen LogP contribution in [0.2, 0.25) is 0 Å². The lowest BCUT2D eigenvalue weighted by Gasteiger charge is -2.36. The number of hydrogen-bond donors (Lipinski definition) is 1.